The van der Waals surface area contributed by atoms with Crippen LogP contribution in [-0.4, -0.2) is 18.3 Å². The molecule has 50 valence electrons. The molecular formula is C3H10BrN3S. The first-order valence-electron chi connectivity index (χ1n) is 2.00. The molecule has 0 spiro atoms. The summed E-state index contributed by atoms with van der Waals surface area (Å²) in [6.45, 7) is 0.728. The van der Waals surface area contributed by atoms with Gasteiger partial charge in [0.25, 0.3) is 0 Å². The van der Waals surface area contributed by atoms with Gasteiger partial charge in [-0.25, -0.2) is 0 Å². The average molecular weight is 200 g/mol. The molecule has 0 aromatic rings. The van der Waals surface area contributed by atoms with Crippen molar-refractivity contribution in [2.45, 2.75) is 0 Å². The molecule has 0 heterocycles. The number of nitrogens with one attached hydrogen (secondary N) is 1. The van der Waals surface area contributed by atoms with Gasteiger partial charge < -0.3 is 17.0 Å². The predicted molar refractivity (Wildman–Crippen MR) is 33.1 cm³/mol. The SMILES string of the molecule is NC(N)=[NH+]CCS.[Br-]. The Morgan fingerprint density at radius 2 is 2.00 bits per heavy atom. The molecule has 0 radical (unpaired) electrons. The summed E-state index contributed by atoms with van der Waals surface area (Å²) in [7, 11) is 0. The number of hydrogen-bond acceptors (Lipinski definition) is 1. The molecule has 8 heavy (non-hydrogen) atoms. The average Bonchev–Trinajstić information content (AvgIpc) is 1.61. The summed E-state index contributed by atoms with van der Waals surface area (Å²) in [4.78, 5) is 2.69. The Kier molecular flexibility index (Phi) is 9.74. The second-order valence-corrected chi connectivity index (χ2v) is 1.55. The second-order valence-electron chi connectivity index (χ2n) is 1.11. The van der Waals surface area contributed by atoms with Crippen LogP contribution in [0, 0.1) is 0 Å². The fraction of sp³-hybridized carbons (Fsp3) is 0.667. The lowest BCUT2D eigenvalue weighted by Gasteiger charge is -1.81. The lowest BCUT2D eigenvalue weighted by molar-refractivity contribution is -0.453. The third-order valence-corrected chi connectivity index (χ3v) is 0.665. The van der Waals surface area contributed by atoms with Crippen molar-refractivity contribution in [2.75, 3.05) is 12.3 Å². The van der Waals surface area contributed by atoms with Crippen molar-refractivity contribution in [1.29, 1.82) is 0 Å². The van der Waals surface area contributed by atoms with Gasteiger partial charge in [0.1, 0.15) is 0 Å². The molecule has 0 aliphatic heterocycles. The van der Waals surface area contributed by atoms with Gasteiger partial charge in [0.15, 0.2) is 0 Å². The lowest BCUT2D eigenvalue weighted by atomic mass is 10.8. The minimum absolute atomic E-state index is 0. The van der Waals surface area contributed by atoms with E-state index in [9.17, 15) is 0 Å². The van der Waals surface area contributed by atoms with E-state index in [1.54, 1.807) is 0 Å². The van der Waals surface area contributed by atoms with Crippen molar-refractivity contribution in [3.05, 3.63) is 0 Å². The van der Waals surface area contributed by atoms with Crippen molar-refractivity contribution < 1.29 is 22.0 Å². The molecule has 0 aromatic carbocycles. The fourth-order valence-electron chi connectivity index (χ4n) is 0.200. The third kappa shape index (κ3) is 9.44. The van der Waals surface area contributed by atoms with E-state index in [0.717, 1.165) is 12.3 Å². The van der Waals surface area contributed by atoms with Gasteiger partial charge in [0.2, 0.25) is 0 Å². The predicted octanol–water partition coefficient (Wildman–Crippen LogP) is -5.73. The maximum absolute atomic E-state index is 5.03. The van der Waals surface area contributed by atoms with E-state index in [-0.39, 0.29) is 22.9 Å². The monoisotopic (exact) mass is 199 g/mol. The van der Waals surface area contributed by atoms with Gasteiger partial charge in [-0.05, 0) is 0 Å². The minimum atomic E-state index is 0. The third-order valence-electron chi connectivity index (χ3n) is 0.441. The van der Waals surface area contributed by atoms with Gasteiger partial charge in [-0.2, -0.15) is 12.6 Å². The number of nitrogens with two attached hydrogens (primary N) is 2. The van der Waals surface area contributed by atoms with Crippen molar-refractivity contribution in [3.8, 4) is 0 Å². The zero-order valence-electron chi connectivity index (χ0n) is 4.39. The van der Waals surface area contributed by atoms with E-state index >= 15 is 0 Å². The quantitative estimate of drug-likeness (QED) is 0.204. The van der Waals surface area contributed by atoms with Gasteiger partial charge in [0, 0.05) is 5.75 Å². The summed E-state index contributed by atoms with van der Waals surface area (Å²) in [5.41, 5.74) is 10.1. The Bertz CT molecular complexity index is 70.9. The molecule has 0 fully saturated rings. The summed E-state index contributed by atoms with van der Waals surface area (Å²) in [6.07, 6.45) is 0. The Morgan fingerprint density at radius 3 is 2.12 bits per heavy atom. The number of hydrogen-bond donors (Lipinski definition) is 4. The van der Waals surface area contributed by atoms with Crippen molar-refractivity contribution in [2.24, 2.45) is 11.5 Å². The van der Waals surface area contributed by atoms with Crippen molar-refractivity contribution >= 4 is 18.6 Å². The number of rotatable bonds is 2. The normalized spacial score (nSPS) is 7.12. The van der Waals surface area contributed by atoms with Crippen LogP contribution in [0.15, 0.2) is 0 Å². The second kappa shape index (κ2) is 7.10. The topological polar surface area (TPSA) is 66.0 Å². The maximum Gasteiger partial charge on any atom is 0.338 e. The standard InChI is InChI=1S/C3H9N3S.BrH/c4-3(5)6-1-2-7;/h7H,1-2H2,(H4,4,5,6);1H. The zero-order chi connectivity index (χ0) is 5.70. The molecule has 0 aromatic heterocycles. The molecule has 0 amide bonds. The Balaban J connectivity index is 0. The Labute approximate surface area is 64.7 Å². The summed E-state index contributed by atoms with van der Waals surface area (Å²) >= 11 is 3.91. The van der Waals surface area contributed by atoms with Gasteiger partial charge in [-0.1, -0.05) is 0 Å². The first-order chi connectivity index (χ1) is 3.27. The molecule has 0 bridgehead atoms. The van der Waals surface area contributed by atoms with Gasteiger partial charge in [-0.15, -0.1) is 0 Å². The highest BCUT2D eigenvalue weighted by Gasteiger charge is 1.80. The van der Waals surface area contributed by atoms with Crippen LogP contribution in [0.5, 0.6) is 0 Å². The van der Waals surface area contributed by atoms with Crippen LogP contribution in [0.1, 0.15) is 0 Å². The molecule has 0 saturated carbocycles. The van der Waals surface area contributed by atoms with Crippen LogP contribution in [0.4, 0.5) is 0 Å². The summed E-state index contributed by atoms with van der Waals surface area (Å²) in [5, 5.41) is 0. The molecule has 3 nitrogen and oxygen atoms in total. The molecule has 5 heteroatoms. The minimum Gasteiger partial charge on any atom is -1.00 e. The highest BCUT2D eigenvalue weighted by molar-refractivity contribution is 7.80. The lowest BCUT2D eigenvalue weighted by Crippen LogP contribution is -3.00. The summed E-state index contributed by atoms with van der Waals surface area (Å²) < 4.78 is 0. The molecule has 5 N–H and O–H groups in total. The number of halogens is 1. The molecule has 0 rings (SSSR count). The Morgan fingerprint density at radius 1 is 1.50 bits per heavy atom. The van der Waals surface area contributed by atoms with E-state index in [4.69, 9.17) is 11.5 Å². The van der Waals surface area contributed by atoms with Crippen LogP contribution in [0.3, 0.4) is 0 Å². The molecule has 0 aliphatic rings. The first kappa shape index (κ1) is 11.0. The van der Waals surface area contributed by atoms with Crippen molar-refractivity contribution in [3.63, 3.8) is 0 Å². The molecular weight excluding hydrogens is 190 g/mol. The van der Waals surface area contributed by atoms with Crippen LogP contribution in [0.25, 0.3) is 0 Å². The highest BCUT2D eigenvalue weighted by atomic mass is 79.9. The number of thiol groups is 1. The van der Waals surface area contributed by atoms with E-state index in [0.29, 0.717) is 0 Å². The first-order valence-corrected chi connectivity index (χ1v) is 2.63. The van der Waals surface area contributed by atoms with Crippen LogP contribution < -0.4 is 33.4 Å². The number of guanidine groups is 1. The van der Waals surface area contributed by atoms with Gasteiger partial charge in [0.05, 0.1) is 6.54 Å². The Hall–Kier alpha value is 0.100. The zero-order valence-corrected chi connectivity index (χ0v) is 6.87. The van der Waals surface area contributed by atoms with E-state index in [1.165, 1.54) is 0 Å². The molecule has 0 saturated heterocycles. The van der Waals surface area contributed by atoms with Crippen LogP contribution in [-0.2, 0) is 0 Å². The van der Waals surface area contributed by atoms with Gasteiger partial charge in [-0.3, -0.25) is 16.5 Å². The van der Waals surface area contributed by atoms with Crippen molar-refractivity contribution in [1.82, 2.24) is 0 Å². The fourth-order valence-corrected chi connectivity index (χ4v) is 0.312. The van der Waals surface area contributed by atoms with Gasteiger partial charge >= 0.3 is 5.96 Å². The molecule has 0 unspecified atom stereocenters. The van der Waals surface area contributed by atoms with E-state index in [1.807, 2.05) is 0 Å². The smallest absolute Gasteiger partial charge is 0.338 e. The van der Waals surface area contributed by atoms with E-state index < -0.39 is 0 Å². The molecule has 0 atom stereocenters. The van der Waals surface area contributed by atoms with Crippen LogP contribution >= 0.6 is 12.6 Å². The summed E-state index contributed by atoms with van der Waals surface area (Å²) in [6, 6.07) is 0. The largest absolute Gasteiger partial charge is 1.00 e. The highest BCUT2D eigenvalue weighted by Crippen LogP contribution is 1.57. The maximum atomic E-state index is 5.03. The van der Waals surface area contributed by atoms with E-state index in [2.05, 4.69) is 17.6 Å². The molecule has 0 aliphatic carbocycles. The van der Waals surface area contributed by atoms with Crippen LogP contribution in [0.2, 0.25) is 0 Å². The summed E-state index contributed by atoms with van der Waals surface area (Å²) in [5.74, 6) is 1.01.